The Balaban J connectivity index is 3.53. The van der Waals surface area contributed by atoms with E-state index < -0.39 is 0 Å². The molecule has 0 fully saturated rings. The molecule has 0 aliphatic carbocycles. The summed E-state index contributed by atoms with van der Waals surface area (Å²) < 4.78 is 10.8. The van der Waals surface area contributed by atoms with E-state index >= 15 is 0 Å². The molecular weight excluding hydrogens is 152 g/mol. The van der Waals surface area contributed by atoms with Crippen LogP contribution in [0.25, 0.3) is 0 Å². The highest BCUT2D eigenvalue weighted by Gasteiger charge is 2.10. The fourth-order valence-corrected chi connectivity index (χ4v) is 1.06. The Labute approximate surface area is 76.3 Å². The van der Waals surface area contributed by atoms with Crippen LogP contribution >= 0.6 is 0 Å². The van der Waals surface area contributed by atoms with Gasteiger partial charge in [-0.25, -0.2) is 0 Å². The molecule has 0 bridgehead atoms. The van der Waals surface area contributed by atoms with Crippen molar-refractivity contribution in [3.8, 4) is 0 Å². The van der Waals surface area contributed by atoms with Gasteiger partial charge in [0.15, 0.2) is 0 Å². The molecule has 0 saturated heterocycles. The minimum absolute atomic E-state index is 0.257. The van der Waals surface area contributed by atoms with Crippen LogP contribution in [-0.4, -0.2) is 25.9 Å². The van der Waals surface area contributed by atoms with Gasteiger partial charge < -0.3 is 9.47 Å². The molecular formula is C10H22O2. The molecule has 0 aromatic heterocycles. The first kappa shape index (κ1) is 11.9. The molecule has 1 unspecified atom stereocenters. The molecule has 0 amide bonds. The SMILES string of the molecule is COC(COC(C)C)CC(C)C. The summed E-state index contributed by atoms with van der Waals surface area (Å²) in [4.78, 5) is 0. The van der Waals surface area contributed by atoms with E-state index in [0.717, 1.165) is 6.42 Å². The van der Waals surface area contributed by atoms with Crippen LogP contribution in [0.5, 0.6) is 0 Å². The van der Waals surface area contributed by atoms with Gasteiger partial charge in [0.25, 0.3) is 0 Å². The Morgan fingerprint density at radius 3 is 2.00 bits per heavy atom. The van der Waals surface area contributed by atoms with Gasteiger partial charge in [-0.1, -0.05) is 13.8 Å². The maximum Gasteiger partial charge on any atom is 0.0807 e. The lowest BCUT2D eigenvalue weighted by molar-refractivity contribution is -0.0233. The molecule has 2 heteroatoms. The summed E-state index contributed by atoms with van der Waals surface area (Å²) in [5.41, 5.74) is 0. The second-order valence-corrected chi connectivity index (χ2v) is 3.87. The lowest BCUT2D eigenvalue weighted by atomic mass is 10.1. The van der Waals surface area contributed by atoms with Crippen LogP contribution in [0.1, 0.15) is 34.1 Å². The Morgan fingerprint density at radius 1 is 1.08 bits per heavy atom. The standard InChI is InChI=1S/C10H22O2/c1-8(2)6-10(11-5)7-12-9(3)4/h8-10H,6-7H2,1-5H3. The highest BCUT2D eigenvalue weighted by molar-refractivity contribution is 4.59. The van der Waals surface area contributed by atoms with Gasteiger partial charge in [0.1, 0.15) is 0 Å². The second-order valence-electron chi connectivity index (χ2n) is 3.87. The maximum atomic E-state index is 5.47. The maximum absolute atomic E-state index is 5.47. The molecule has 2 nitrogen and oxygen atoms in total. The van der Waals surface area contributed by atoms with Crippen LogP contribution in [-0.2, 0) is 9.47 Å². The second kappa shape index (κ2) is 6.44. The van der Waals surface area contributed by atoms with Crippen molar-refractivity contribution in [3.63, 3.8) is 0 Å². The molecule has 1 atom stereocenters. The first-order valence-corrected chi connectivity index (χ1v) is 4.70. The van der Waals surface area contributed by atoms with Crippen molar-refractivity contribution in [3.05, 3.63) is 0 Å². The minimum Gasteiger partial charge on any atom is -0.379 e. The zero-order valence-corrected chi connectivity index (χ0v) is 8.96. The normalized spacial score (nSPS) is 14.2. The van der Waals surface area contributed by atoms with Crippen molar-refractivity contribution in [1.29, 1.82) is 0 Å². The van der Waals surface area contributed by atoms with Crippen LogP contribution in [0, 0.1) is 5.92 Å². The molecule has 12 heavy (non-hydrogen) atoms. The third-order valence-corrected chi connectivity index (χ3v) is 1.68. The third-order valence-electron chi connectivity index (χ3n) is 1.68. The average molecular weight is 174 g/mol. The van der Waals surface area contributed by atoms with Gasteiger partial charge >= 0.3 is 0 Å². The Hall–Kier alpha value is -0.0800. The highest BCUT2D eigenvalue weighted by atomic mass is 16.5. The molecule has 0 spiro atoms. The zero-order valence-electron chi connectivity index (χ0n) is 8.96. The molecule has 0 aliphatic rings. The number of ether oxygens (including phenoxy) is 2. The molecule has 0 N–H and O–H groups in total. The first-order chi connectivity index (χ1) is 5.56. The van der Waals surface area contributed by atoms with Crippen molar-refractivity contribution in [2.75, 3.05) is 13.7 Å². The molecule has 74 valence electrons. The van der Waals surface area contributed by atoms with E-state index in [4.69, 9.17) is 9.47 Å². The Kier molecular flexibility index (Phi) is 6.39. The monoisotopic (exact) mass is 174 g/mol. The lowest BCUT2D eigenvalue weighted by Gasteiger charge is -2.18. The van der Waals surface area contributed by atoms with Crippen LogP contribution in [0.15, 0.2) is 0 Å². The molecule has 0 rings (SSSR count). The third kappa shape index (κ3) is 6.62. The van der Waals surface area contributed by atoms with E-state index in [0.29, 0.717) is 18.6 Å². The van der Waals surface area contributed by atoms with Gasteiger partial charge in [-0.2, -0.15) is 0 Å². The molecule has 0 saturated carbocycles. The van der Waals surface area contributed by atoms with E-state index in [9.17, 15) is 0 Å². The quantitative estimate of drug-likeness (QED) is 0.616. The van der Waals surface area contributed by atoms with Gasteiger partial charge in [0.2, 0.25) is 0 Å². The van der Waals surface area contributed by atoms with E-state index in [1.165, 1.54) is 0 Å². The molecule has 0 radical (unpaired) electrons. The Bertz CT molecular complexity index is 100. The van der Waals surface area contributed by atoms with Crippen molar-refractivity contribution in [2.24, 2.45) is 5.92 Å². The summed E-state index contributed by atoms with van der Waals surface area (Å²) >= 11 is 0. The molecule has 0 aliphatic heterocycles. The summed E-state index contributed by atoms with van der Waals surface area (Å²) in [5, 5.41) is 0. The van der Waals surface area contributed by atoms with E-state index in [-0.39, 0.29) is 6.10 Å². The van der Waals surface area contributed by atoms with E-state index in [2.05, 4.69) is 13.8 Å². The molecule has 0 aromatic carbocycles. The van der Waals surface area contributed by atoms with Gasteiger partial charge in [-0.3, -0.25) is 0 Å². The van der Waals surface area contributed by atoms with Crippen molar-refractivity contribution >= 4 is 0 Å². The highest BCUT2D eigenvalue weighted by Crippen LogP contribution is 2.08. The topological polar surface area (TPSA) is 18.5 Å². The fourth-order valence-electron chi connectivity index (χ4n) is 1.06. The number of hydrogen-bond donors (Lipinski definition) is 0. The predicted octanol–water partition coefficient (Wildman–Crippen LogP) is 2.47. The zero-order chi connectivity index (χ0) is 9.56. The van der Waals surface area contributed by atoms with Crippen molar-refractivity contribution < 1.29 is 9.47 Å². The lowest BCUT2D eigenvalue weighted by Crippen LogP contribution is -2.22. The summed E-state index contributed by atoms with van der Waals surface area (Å²) in [7, 11) is 1.75. The first-order valence-electron chi connectivity index (χ1n) is 4.70. The number of rotatable bonds is 6. The van der Waals surface area contributed by atoms with E-state index in [1.54, 1.807) is 7.11 Å². The van der Waals surface area contributed by atoms with E-state index in [1.807, 2.05) is 13.8 Å². The van der Waals surface area contributed by atoms with Gasteiger partial charge in [0, 0.05) is 7.11 Å². The van der Waals surface area contributed by atoms with Gasteiger partial charge in [-0.15, -0.1) is 0 Å². The number of hydrogen-bond acceptors (Lipinski definition) is 2. The summed E-state index contributed by atoms with van der Waals surface area (Å²) in [6, 6.07) is 0. The average Bonchev–Trinajstić information content (AvgIpc) is 1.97. The summed E-state index contributed by atoms with van der Waals surface area (Å²) in [5.74, 6) is 0.672. The molecule has 0 aromatic rings. The van der Waals surface area contributed by atoms with Crippen molar-refractivity contribution in [2.45, 2.75) is 46.3 Å². The summed E-state index contributed by atoms with van der Waals surface area (Å²) in [6.45, 7) is 9.19. The fraction of sp³-hybridized carbons (Fsp3) is 1.00. The number of methoxy groups -OCH3 is 1. The minimum atomic E-state index is 0.257. The molecule has 0 heterocycles. The van der Waals surface area contributed by atoms with Gasteiger partial charge in [-0.05, 0) is 26.2 Å². The van der Waals surface area contributed by atoms with Crippen LogP contribution in [0.2, 0.25) is 0 Å². The van der Waals surface area contributed by atoms with Gasteiger partial charge in [0.05, 0.1) is 18.8 Å². The Morgan fingerprint density at radius 2 is 1.67 bits per heavy atom. The smallest absolute Gasteiger partial charge is 0.0807 e. The summed E-state index contributed by atoms with van der Waals surface area (Å²) in [6.07, 6.45) is 1.63. The van der Waals surface area contributed by atoms with Crippen LogP contribution in [0.3, 0.4) is 0 Å². The van der Waals surface area contributed by atoms with Crippen LogP contribution < -0.4 is 0 Å². The predicted molar refractivity (Wildman–Crippen MR) is 51.3 cm³/mol. The van der Waals surface area contributed by atoms with Crippen LogP contribution in [0.4, 0.5) is 0 Å². The largest absolute Gasteiger partial charge is 0.379 e. The van der Waals surface area contributed by atoms with Crippen molar-refractivity contribution in [1.82, 2.24) is 0 Å².